The molecule has 0 aliphatic carbocycles. The number of carbonyl (C=O) groups is 2. The summed E-state index contributed by atoms with van der Waals surface area (Å²) in [4.78, 5) is 24.8. The van der Waals surface area contributed by atoms with Crippen LogP contribution in [-0.4, -0.2) is 57.6 Å². The van der Waals surface area contributed by atoms with E-state index >= 15 is 0 Å². The Morgan fingerprint density at radius 2 is 1.58 bits per heavy atom. The second-order valence-electron chi connectivity index (χ2n) is 9.97. The van der Waals surface area contributed by atoms with E-state index in [1.54, 1.807) is 0 Å². The normalized spacial score (nSPS) is 10.2. The third kappa shape index (κ3) is 34.5. The molecule has 0 unspecified atom stereocenters. The molecule has 1 rings (SSSR count). The Hall–Kier alpha value is -3.86. The first kappa shape index (κ1) is 48.1. The van der Waals surface area contributed by atoms with Crippen LogP contribution in [0.3, 0.4) is 0 Å². The molecule has 10 heteroatoms. The number of benzene rings is 1. The average molecular weight is 650 g/mol. The molecule has 0 aliphatic rings. The van der Waals surface area contributed by atoms with Gasteiger partial charge < -0.3 is 20.7 Å². The molecular weight excluding hydrogens is 593 g/mol. The molecule has 0 saturated heterocycles. The summed E-state index contributed by atoms with van der Waals surface area (Å²) in [6.07, 6.45) is 19.6. The number of ether oxygens (including phenoxy) is 1. The lowest BCUT2D eigenvalue weighted by atomic mass is 10.1. The Morgan fingerprint density at radius 1 is 1.00 bits per heavy atom. The summed E-state index contributed by atoms with van der Waals surface area (Å²) in [5, 5.41) is 8.46. The monoisotopic (exact) mass is 649 g/mol. The van der Waals surface area contributed by atoms with Crippen LogP contribution in [0.4, 0.5) is 9.18 Å². The van der Waals surface area contributed by atoms with Crippen LogP contribution in [0, 0.1) is 31.6 Å². The van der Waals surface area contributed by atoms with E-state index in [0.29, 0.717) is 25.3 Å². The number of amides is 2. The summed E-state index contributed by atoms with van der Waals surface area (Å²) in [6.45, 7) is 21.0. The van der Waals surface area contributed by atoms with Gasteiger partial charge in [-0.3, -0.25) is 4.79 Å². The number of carbonyl (C=O) groups excluding carboxylic acids is 2. The molecule has 0 aromatic heterocycles. The Bertz CT molecular complexity index is 1070. The maximum atomic E-state index is 12.6. The number of hydrogen-bond acceptors (Lipinski definition) is 6. The van der Waals surface area contributed by atoms with Crippen molar-refractivity contribution in [3.8, 4) is 25.7 Å². The number of rotatable bonds is 17. The summed E-state index contributed by atoms with van der Waals surface area (Å²) < 4.78 is 41.6. The van der Waals surface area contributed by atoms with Crippen LogP contribution in [-0.2, 0) is 26.0 Å². The topological polar surface area (TPSA) is 114 Å². The summed E-state index contributed by atoms with van der Waals surface area (Å²) in [7, 11) is -3.49. The van der Waals surface area contributed by atoms with Gasteiger partial charge in [0.25, 0.3) is 0 Å². The summed E-state index contributed by atoms with van der Waals surface area (Å²) in [5.74, 6) is -0.742. The molecule has 254 valence electrons. The molecule has 0 heterocycles. The van der Waals surface area contributed by atoms with E-state index in [4.69, 9.17) is 4.74 Å². The Balaban J connectivity index is -0.000000551. The lowest BCUT2D eigenvalue weighted by molar-refractivity contribution is -0.122. The first-order valence-electron chi connectivity index (χ1n) is 14.7. The van der Waals surface area contributed by atoms with Gasteiger partial charge in [-0.25, -0.2) is 17.6 Å². The van der Waals surface area contributed by atoms with Gasteiger partial charge in [-0.15, -0.1) is 38.9 Å². The molecule has 1 aromatic rings. The summed E-state index contributed by atoms with van der Waals surface area (Å²) >= 11 is 0. The van der Waals surface area contributed by atoms with Crippen molar-refractivity contribution >= 4 is 21.8 Å². The van der Waals surface area contributed by atoms with E-state index in [2.05, 4.69) is 75.2 Å². The van der Waals surface area contributed by atoms with Gasteiger partial charge in [-0.05, 0) is 63.8 Å². The first-order chi connectivity index (χ1) is 21.4. The summed E-state index contributed by atoms with van der Waals surface area (Å²) in [5.41, 5.74) is 1.73. The summed E-state index contributed by atoms with van der Waals surface area (Å²) in [6, 6.07) is 7.92. The smallest absolute Gasteiger partial charge is 0.408 e. The van der Waals surface area contributed by atoms with E-state index < -0.39 is 33.6 Å². The number of sulfone groups is 1. The Kier molecular flexibility index (Phi) is 35.3. The van der Waals surface area contributed by atoms with Crippen molar-refractivity contribution in [2.24, 2.45) is 5.92 Å². The number of halogens is 1. The minimum atomic E-state index is -3.49. The Morgan fingerprint density at radius 3 is 2.04 bits per heavy atom. The van der Waals surface area contributed by atoms with Crippen molar-refractivity contribution in [3.63, 3.8) is 0 Å². The molecule has 45 heavy (non-hydrogen) atoms. The van der Waals surface area contributed by atoms with E-state index in [1.165, 1.54) is 6.08 Å². The quantitative estimate of drug-likeness (QED) is 0.0782. The molecule has 8 nitrogen and oxygen atoms in total. The number of hydrogen-bond donors (Lipinski definition) is 3. The highest BCUT2D eigenvalue weighted by Gasteiger charge is 2.27. The number of unbranched alkanes of at least 4 members (excludes halogenated alkanes) is 1. The van der Waals surface area contributed by atoms with E-state index in [0.717, 1.165) is 37.1 Å². The van der Waals surface area contributed by atoms with Crippen LogP contribution in [0.25, 0.3) is 0 Å². The largest absolute Gasteiger partial charge is 0.445 e. The maximum absolute atomic E-state index is 12.6. The molecule has 0 aliphatic heterocycles. The van der Waals surface area contributed by atoms with Gasteiger partial charge in [-0.1, -0.05) is 69.7 Å². The van der Waals surface area contributed by atoms with Crippen molar-refractivity contribution in [3.05, 3.63) is 73.1 Å². The standard InChI is InChI=1S/C23H39N3O5S.C6H9F.C2H4.2C2H2/c1-4-5-16-32(29,30)18-21(22(27)25-14-9-13-24-15-12-19(2)3)26-23(28)31-17-20-10-7-6-8-11-20;1-5(2)4-6(3)7;3*1-2/h6-8,10-11,19,21,24H,4-5,9,12-18H2,1-3H3,(H,25,27)(H,26,28);4H,3H2,1-2H3;1-2H2;2*1-2H/t21-;;;;/m1..../s1. The maximum Gasteiger partial charge on any atom is 0.408 e. The highest BCUT2D eigenvalue weighted by atomic mass is 32.2. The van der Waals surface area contributed by atoms with Gasteiger partial charge in [0.2, 0.25) is 5.91 Å². The van der Waals surface area contributed by atoms with Crippen molar-refractivity contribution < 1.29 is 27.1 Å². The minimum absolute atomic E-state index is 0.0200. The van der Waals surface area contributed by atoms with Crippen molar-refractivity contribution in [1.82, 2.24) is 16.0 Å². The lowest BCUT2D eigenvalue weighted by Gasteiger charge is -2.18. The lowest BCUT2D eigenvalue weighted by Crippen LogP contribution is -2.51. The zero-order valence-electron chi connectivity index (χ0n) is 27.9. The van der Waals surface area contributed by atoms with E-state index in [9.17, 15) is 22.4 Å². The van der Waals surface area contributed by atoms with Crippen LogP contribution in [0.2, 0.25) is 0 Å². The van der Waals surface area contributed by atoms with Gasteiger partial charge >= 0.3 is 6.09 Å². The third-order valence-corrected chi connectivity index (χ3v) is 6.98. The minimum Gasteiger partial charge on any atom is -0.445 e. The molecule has 1 aromatic carbocycles. The molecule has 2 amide bonds. The van der Waals surface area contributed by atoms with Crippen molar-refractivity contribution in [2.75, 3.05) is 31.1 Å². The second-order valence-corrected chi connectivity index (χ2v) is 12.2. The molecule has 3 N–H and O–H groups in total. The van der Waals surface area contributed by atoms with Gasteiger partial charge in [0.1, 0.15) is 18.5 Å². The first-order valence-corrected chi connectivity index (χ1v) is 16.5. The Labute approximate surface area is 273 Å². The van der Waals surface area contributed by atoms with E-state index in [-0.39, 0.29) is 18.2 Å². The molecule has 1 atom stereocenters. The SMILES string of the molecule is C#C.C#C.C=C.C=C(F)C=C(C)C.CCCCS(=O)(=O)C[C@@H](NC(=O)OCc1ccccc1)C(=O)NCCCNCCC(C)C. The molecule has 0 fully saturated rings. The van der Waals surface area contributed by atoms with Crippen LogP contribution in [0.1, 0.15) is 65.9 Å². The van der Waals surface area contributed by atoms with Gasteiger partial charge in [0.05, 0.1) is 11.5 Å². The fourth-order valence-electron chi connectivity index (χ4n) is 3.17. The number of allylic oxidation sites excluding steroid dienone is 3. The highest BCUT2D eigenvalue weighted by Crippen LogP contribution is 2.04. The van der Waals surface area contributed by atoms with Crippen LogP contribution < -0.4 is 16.0 Å². The average Bonchev–Trinajstić information content (AvgIpc) is 3.01. The van der Waals surface area contributed by atoms with Crippen molar-refractivity contribution in [1.29, 1.82) is 0 Å². The zero-order valence-corrected chi connectivity index (χ0v) is 28.8. The number of alkyl carbamates (subject to hydrolysis) is 1. The predicted octanol–water partition coefficient (Wildman–Crippen LogP) is 6.38. The third-order valence-electron chi connectivity index (χ3n) is 5.22. The molecular formula is C35H56FN3O5S. The number of nitrogens with one attached hydrogen (secondary N) is 3. The fourth-order valence-corrected chi connectivity index (χ4v) is 4.81. The van der Waals surface area contributed by atoms with Gasteiger partial charge in [0.15, 0.2) is 9.84 Å². The second kappa shape index (κ2) is 33.0. The fraction of sp³-hybridized carbons (Fsp3) is 0.486. The van der Waals surface area contributed by atoms with Crippen LogP contribution in [0.5, 0.6) is 0 Å². The molecule has 0 spiro atoms. The molecule has 0 saturated carbocycles. The predicted molar refractivity (Wildman–Crippen MR) is 188 cm³/mol. The highest BCUT2D eigenvalue weighted by molar-refractivity contribution is 7.91. The van der Waals surface area contributed by atoms with Gasteiger partial charge in [-0.2, -0.15) is 0 Å². The zero-order chi connectivity index (χ0) is 35.7. The number of terminal acetylenes is 2. The molecule has 0 bridgehead atoms. The van der Waals surface area contributed by atoms with Crippen LogP contribution in [0.15, 0.2) is 67.5 Å². The van der Waals surface area contributed by atoms with E-state index in [1.807, 2.05) is 51.1 Å². The molecule has 0 radical (unpaired) electrons. The van der Waals surface area contributed by atoms with Gasteiger partial charge in [0, 0.05) is 6.54 Å². The van der Waals surface area contributed by atoms with Crippen molar-refractivity contribution in [2.45, 2.75) is 73.0 Å². The van der Waals surface area contributed by atoms with Crippen LogP contribution >= 0.6 is 0 Å².